The number of carboxylic acid groups (broad SMARTS) is 1. The van der Waals surface area contributed by atoms with Gasteiger partial charge in [0, 0.05) is 71.8 Å². The van der Waals surface area contributed by atoms with E-state index in [9.17, 15) is 33.4 Å². The Kier molecular flexibility index (Phi) is 25.0. The Morgan fingerprint density at radius 3 is 1.36 bits per heavy atom. The van der Waals surface area contributed by atoms with Gasteiger partial charge in [0.25, 0.3) is 0 Å². The van der Waals surface area contributed by atoms with Gasteiger partial charge >= 0.3 is 17.9 Å². The Labute approximate surface area is 438 Å². The van der Waals surface area contributed by atoms with Crippen molar-refractivity contribution in [3.63, 3.8) is 0 Å². The molecule has 0 aromatic rings. The van der Waals surface area contributed by atoms with Gasteiger partial charge in [-0.15, -0.1) is 13.2 Å². The quantitative estimate of drug-likeness (QED) is 0.0464. The Bertz CT molecular complexity index is 1960. The molecule has 4 heterocycles. The lowest BCUT2D eigenvalue weighted by atomic mass is 9.80. The highest BCUT2D eigenvalue weighted by molar-refractivity contribution is 7.25. The third kappa shape index (κ3) is 16.9. The maximum absolute atomic E-state index is 12.6. The van der Waals surface area contributed by atoms with Gasteiger partial charge in [-0.3, -0.25) is 13.9 Å². The van der Waals surface area contributed by atoms with Crippen molar-refractivity contribution in [3.8, 4) is 0 Å². The lowest BCUT2D eigenvalue weighted by Gasteiger charge is -2.47. The number of hydrogen-bond acceptors (Lipinski definition) is 18. The molecule has 418 valence electrons. The molecule has 0 aromatic carbocycles. The highest BCUT2D eigenvalue weighted by Crippen LogP contribution is 2.44. The van der Waals surface area contributed by atoms with Crippen molar-refractivity contribution in [2.75, 3.05) is 42.4 Å². The zero-order valence-corrected chi connectivity index (χ0v) is 49.0. The fourth-order valence-corrected chi connectivity index (χ4v) is 11.6. The van der Waals surface area contributed by atoms with Gasteiger partial charge in [-0.05, 0) is 95.4 Å². The van der Waals surface area contributed by atoms with Crippen molar-refractivity contribution in [2.45, 2.75) is 206 Å². The van der Waals surface area contributed by atoms with Crippen LogP contribution in [0.5, 0.6) is 0 Å². The van der Waals surface area contributed by atoms with Crippen molar-refractivity contribution < 1.29 is 80.8 Å². The third-order valence-electron chi connectivity index (χ3n) is 14.1. The van der Waals surface area contributed by atoms with E-state index < -0.39 is 94.5 Å². The van der Waals surface area contributed by atoms with Gasteiger partial charge in [0.2, 0.25) is 11.6 Å². The molecular formula is C52H88N2O17P2. The molecule has 2 unspecified atom stereocenters. The van der Waals surface area contributed by atoms with E-state index in [1.807, 2.05) is 79.5 Å². The highest BCUT2D eigenvalue weighted by atomic mass is 31.1. The molecule has 0 bridgehead atoms. The second-order valence-corrected chi connectivity index (χ2v) is 23.2. The van der Waals surface area contributed by atoms with E-state index in [0.29, 0.717) is 41.9 Å². The summed E-state index contributed by atoms with van der Waals surface area (Å²) >= 11 is 0. The van der Waals surface area contributed by atoms with E-state index in [1.54, 1.807) is 62.5 Å². The topological polar surface area (TPSA) is 221 Å². The van der Waals surface area contributed by atoms with E-state index >= 15 is 0 Å². The number of methoxy groups -OCH3 is 2. The largest absolute Gasteiger partial charge is 0.481 e. The van der Waals surface area contributed by atoms with Crippen LogP contribution in [0, 0.1) is 23.7 Å². The lowest BCUT2D eigenvalue weighted by molar-refractivity contribution is -0.266. The number of carbonyl (C=O) groups excluding carboxylic acids is 3. The number of ether oxygens (including phenoxy) is 10. The van der Waals surface area contributed by atoms with Crippen molar-refractivity contribution in [2.24, 2.45) is 23.7 Å². The first-order chi connectivity index (χ1) is 33.8. The number of nitrogens with zero attached hydrogens (tertiary/aromatic N) is 2. The number of carboxylic acids is 1. The molecule has 0 spiro atoms. The minimum absolute atomic E-state index is 0.0256. The van der Waals surface area contributed by atoms with Crippen LogP contribution in [0.15, 0.2) is 35.8 Å². The summed E-state index contributed by atoms with van der Waals surface area (Å²) in [5.41, 5.74) is -2.37. The summed E-state index contributed by atoms with van der Waals surface area (Å²) in [5, 5.41) is 9.62. The van der Waals surface area contributed by atoms with E-state index in [2.05, 4.69) is 13.2 Å². The van der Waals surface area contributed by atoms with E-state index in [0.717, 1.165) is 6.29 Å². The van der Waals surface area contributed by atoms with E-state index in [1.165, 1.54) is 7.11 Å². The lowest BCUT2D eigenvalue weighted by Crippen LogP contribution is -2.57. The summed E-state index contributed by atoms with van der Waals surface area (Å²) < 4.78 is 85.0. The van der Waals surface area contributed by atoms with Crippen LogP contribution in [0.3, 0.4) is 0 Å². The van der Waals surface area contributed by atoms with Crippen LogP contribution in [-0.4, -0.2) is 165 Å². The molecule has 4 aliphatic rings. The van der Waals surface area contributed by atoms with E-state index in [4.69, 9.17) is 47.4 Å². The first-order valence-electron chi connectivity index (χ1n) is 24.9. The minimum atomic E-state index is -1.19. The predicted molar refractivity (Wildman–Crippen MR) is 275 cm³/mol. The molecule has 2 saturated heterocycles. The molecule has 4 rings (SSSR count). The summed E-state index contributed by atoms with van der Waals surface area (Å²) in [6.45, 7) is 30.6. The highest BCUT2D eigenvalue weighted by Gasteiger charge is 2.52. The normalized spacial score (nSPS) is 30.3. The van der Waals surface area contributed by atoms with Crippen molar-refractivity contribution in [1.82, 2.24) is 9.80 Å². The van der Waals surface area contributed by atoms with Gasteiger partial charge in [0.15, 0.2) is 29.5 Å². The zero-order chi connectivity index (χ0) is 56.3. The SMILES string of the molecule is C=C.CO[C@](C)(C[C@@H](C)C(=O)O)[C@H](O[C@@H]1O[C@H](C)CC(N(C)C)[C@H]1P=O)[C@H](C)C1=C(C)C(=O)OC(C)(C)O1.CO[C@](C)(C[C@@H](C)C=O)[C@H](O[C@@H]1O[C@H](C)CC(N(C)C)[C@H]1P=O)[C@H](C)C1=C(C)C(=O)OC(C)(C)O1. The fraction of sp³-hybridized carbons (Fsp3) is 0.808. The first-order valence-corrected chi connectivity index (χ1v) is 26.7. The van der Waals surface area contributed by atoms with Crippen LogP contribution in [0.25, 0.3) is 0 Å². The van der Waals surface area contributed by atoms with Crippen molar-refractivity contribution >= 4 is 41.1 Å². The van der Waals surface area contributed by atoms with Crippen LogP contribution in [0.1, 0.15) is 123 Å². The number of rotatable bonds is 22. The average Bonchev–Trinajstić information content (AvgIpc) is 3.31. The summed E-state index contributed by atoms with van der Waals surface area (Å²) in [7, 11) is 10.6. The number of cyclic esters (lactones) is 2. The third-order valence-corrected chi connectivity index (χ3v) is 15.7. The Morgan fingerprint density at radius 1 is 0.726 bits per heavy atom. The molecule has 0 saturated carbocycles. The van der Waals surface area contributed by atoms with Crippen LogP contribution < -0.4 is 0 Å². The Hall–Kier alpha value is -3.22. The first kappa shape index (κ1) is 65.9. The molecule has 2 fully saturated rings. The second kappa shape index (κ2) is 27.7. The van der Waals surface area contributed by atoms with Crippen LogP contribution in [-0.2, 0) is 75.7 Å². The number of aldehydes is 1. The molecule has 73 heavy (non-hydrogen) atoms. The summed E-state index contributed by atoms with van der Waals surface area (Å²) in [6.07, 6.45) is -0.733. The number of esters is 2. The Morgan fingerprint density at radius 2 is 1.07 bits per heavy atom. The van der Waals surface area contributed by atoms with Crippen LogP contribution >= 0.6 is 16.9 Å². The van der Waals surface area contributed by atoms with Gasteiger partial charge in [0.05, 0.1) is 52.7 Å². The smallest absolute Gasteiger partial charge is 0.340 e. The van der Waals surface area contributed by atoms with Crippen LogP contribution in [0.4, 0.5) is 0 Å². The summed E-state index contributed by atoms with van der Waals surface area (Å²) in [6, 6.07) is -0.0937. The van der Waals surface area contributed by atoms with Gasteiger partial charge in [-0.25, -0.2) is 9.59 Å². The molecule has 0 amide bonds. The van der Waals surface area contributed by atoms with Crippen LogP contribution in [0.2, 0.25) is 0 Å². The number of hydrogen-bond donors (Lipinski definition) is 1. The molecule has 0 aromatic heterocycles. The predicted octanol–water partition coefficient (Wildman–Crippen LogP) is 8.58. The summed E-state index contributed by atoms with van der Waals surface area (Å²) in [5.74, 6) is -5.56. The molecule has 0 aliphatic carbocycles. The summed E-state index contributed by atoms with van der Waals surface area (Å²) in [4.78, 5) is 52.5. The molecule has 1 N–H and O–H groups in total. The maximum atomic E-state index is 12.6. The standard InChI is InChI=1S/C25H42NO9P.C25H42NO8P.C2H4/c1-13(21(27)28)12-25(7,31-10)20(15(3)18-16(4)22(29)35-24(5,6)34-18)33-23-19(36-30)17(26(8)9)11-14(2)32-23;1-14(13-27)12-25(7,30-10)21(16(3)19-17(4)22(28)34-24(5,6)33-19)32-23-20(35-29)18(26(8)9)11-15(2)31-23;1-2/h13-15,17,19-20,23H,11-12H2,1-10H3,(H,27,28);13-16,18,20-21,23H,11-12H2,1-10H3;1-2H2/t13-,14-,15-,17?,19-,20-,23+,25-;14-,15-,16-,18?,20-,21-,23+,25-;/m11./s1. The molecule has 19 nitrogen and oxygen atoms in total. The fourth-order valence-electron chi connectivity index (χ4n) is 10.1. The maximum Gasteiger partial charge on any atom is 0.340 e. The number of carbonyl (C=O) groups is 4. The zero-order valence-electron chi connectivity index (χ0n) is 47.2. The van der Waals surface area contributed by atoms with Gasteiger partial charge in [-0.1, -0.05) is 27.7 Å². The molecule has 4 aliphatic heterocycles. The van der Waals surface area contributed by atoms with Crippen molar-refractivity contribution in [3.05, 3.63) is 35.8 Å². The monoisotopic (exact) mass is 1070 g/mol. The van der Waals surface area contributed by atoms with Crippen molar-refractivity contribution in [1.29, 1.82) is 0 Å². The Balaban J connectivity index is 0.000000484. The van der Waals surface area contributed by atoms with Gasteiger partial charge < -0.3 is 67.1 Å². The second-order valence-electron chi connectivity index (χ2n) is 21.6. The molecular weight excluding hydrogens is 987 g/mol. The van der Waals surface area contributed by atoms with Gasteiger partial charge in [-0.2, -0.15) is 0 Å². The molecule has 21 heteroatoms. The minimum Gasteiger partial charge on any atom is -0.481 e. The van der Waals surface area contributed by atoms with Gasteiger partial charge in [0.1, 0.15) is 29.1 Å². The average molecular weight is 1080 g/mol. The van der Waals surface area contributed by atoms with E-state index in [-0.39, 0.29) is 53.6 Å². The molecule has 0 radical (unpaired) electrons. The molecule has 16 atom stereocenters. The number of aliphatic carboxylic acids is 1.